The van der Waals surface area contributed by atoms with Gasteiger partial charge in [0, 0.05) is 26.1 Å². The van der Waals surface area contributed by atoms with Gasteiger partial charge in [-0.2, -0.15) is 0 Å². The van der Waals surface area contributed by atoms with Crippen molar-refractivity contribution in [1.82, 2.24) is 4.90 Å². The predicted octanol–water partition coefficient (Wildman–Crippen LogP) is 2.47. The maximum Gasteiger partial charge on any atom is 0.303 e. The first-order valence-electron chi connectivity index (χ1n) is 6.22. The van der Waals surface area contributed by atoms with Gasteiger partial charge in [-0.3, -0.25) is 4.79 Å². The second-order valence-corrected chi connectivity index (χ2v) is 6.43. The molecular weight excluding hydrogens is 202 g/mol. The summed E-state index contributed by atoms with van der Waals surface area (Å²) < 4.78 is 0. The van der Waals surface area contributed by atoms with E-state index in [0.29, 0.717) is 23.7 Å². The van der Waals surface area contributed by atoms with E-state index in [4.69, 9.17) is 5.11 Å². The molecule has 1 saturated heterocycles. The van der Waals surface area contributed by atoms with E-state index in [-0.39, 0.29) is 0 Å². The van der Waals surface area contributed by atoms with Crippen LogP contribution in [0.1, 0.15) is 40.5 Å². The van der Waals surface area contributed by atoms with Gasteiger partial charge in [0.1, 0.15) is 0 Å². The molecule has 94 valence electrons. The van der Waals surface area contributed by atoms with E-state index < -0.39 is 5.97 Å². The number of hydrogen-bond acceptors (Lipinski definition) is 2. The quantitative estimate of drug-likeness (QED) is 0.758. The molecule has 1 heterocycles. The first-order valence-corrected chi connectivity index (χ1v) is 6.22. The van der Waals surface area contributed by atoms with Crippen molar-refractivity contribution in [3.63, 3.8) is 0 Å². The van der Waals surface area contributed by atoms with Crippen LogP contribution in [0.5, 0.6) is 0 Å². The SMILES string of the molecule is CC(C)CC(CC(=O)O)CN1CC(C)(C)C1. The summed E-state index contributed by atoms with van der Waals surface area (Å²) in [6.07, 6.45) is 1.33. The summed E-state index contributed by atoms with van der Waals surface area (Å²) in [6.45, 7) is 12.0. The predicted molar refractivity (Wildman–Crippen MR) is 65.4 cm³/mol. The molecule has 0 aromatic heterocycles. The van der Waals surface area contributed by atoms with Gasteiger partial charge in [0.05, 0.1) is 0 Å². The molecule has 1 fully saturated rings. The molecule has 0 bridgehead atoms. The fraction of sp³-hybridized carbons (Fsp3) is 0.923. The van der Waals surface area contributed by atoms with E-state index in [9.17, 15) is 4.79 Å². The molecule has 0 spiro atoms. The molecule has 1 aliphatic rings. The van der Waals surface area contributed by atoms with Crippen LogP contribution in [0, 0.1) is 17.3 Å². The molecule has 0 saturated carbocycles. The fourth-order valence-corrected chi connectivity index (χ4v) is 2.79. The number of hydrogen-bond donors (Lipinski definition) is 1. The zero-order chi connectivity index (χ0) is 12.3. The average Bonchev–Trinajstić information content (AvgIpc) is 1.96. The Labute approximate surface area is 98.8 Å². The lowest BCUT2D eigenvalue weighted by Crippen LogP contribution is -2.54. The lowest BCUT2D eigenvalue weighted by molar-refractivity contribution is -0.138. The van der Waals surface area contributed by atoms with E-state index in [2.05, 4.69) is 32.6 Å². The normalized spacial score (nSPS) is 21.8. The van der Waals surface area contributed by atoms with Crippen molar-refractivity contribution in [2.45, 2.75) is 40.5 Å². The molecule has 0 amide bonds. The molecule has 1 aliphatic heterocycles. The molecule has 3 heteroatoms. The van der Waals surface area contributed by atoms with Gasteiger partial charge in [-0.05, 0) is 23.7 Å². The van der Waals surface area contributed by atoms with Crippen LogP contribution in [0.4, 0.5) is 0 Å². The summed E-state index contributed by atoms with van der Waals surface area (Å²) in [7, 11) is 0. The molecule has 1 N–H and O–H groups in total. The Morgan fingerprint density at radius 2 is 1.94 bits per heavy atom. The molecular formula is C13H25NO2. The minimum absolute atomic E-state index is 0.314. The maximum atomic E-state index is 10.8. The lowest BCUT2D eigenvalue weighted by atomic mass is 9.82. The monoisotopic (exact) mass is 227 g/mol. The Balaban J connectivity index is 2.36. The molecule has 1 rings (SSSR count). The molecule has 0 aromatic carbocycles. The van der Waals surface area contributed by atoms with Crippen molar-refractivity contribution in [3.8, 4) is 0 Å². The van der Waals surface area contributed by atoms with Gasteiger partial charge in [-0.25, -0.2) is 0 Å². The van der Waals surface area contributed by atoms with Crippen LogP contribution in [0.25, 0.3) is 0 Å². The van der Waals surface area contributed by atoms with Crippen LogP contribution in [-0.4, -0.2) is 35.6 Å². The first kappa shape index (κ1) is 13.5. The van der Waals surface area contributed by atoms with Crippen LogP contribution in [-0.2, 0) is 4.79 Å². The van der Waals surface area contributed by atoms with Crippen molar-refractivity contribution in [1.29, 1.82) is 0 Å². The van der Waals surface area contributed by atoms with Crippen molar-refractivity contribution in [2.24, 2.45) is 17.3 Å². The Morgan fingerprint density at radius 1 is 1.38 bits per heavy atom. The summed E-state index contributed by atoms with van der Waals surface area (Å²) >= 11 is 0. The molecule has 16 heavy (non-hydrogen) atoms. The zero-order valence-corrected chi connectivity index (χ0v) is 11.0. The van der Waals surface area contributed by atoms with Crippen LogP contribution in [0.2, 0.25) is 0 Å². The van der Waals surface area contributed by atoms with Gasteiger partial charge in [0.15, 0.2) is 0 Å². The minimum atomic E-state index is -0.662. The average molecular weight is 227 g/mol. The van der Waals surface area contributed by atoms with Crippen LogP contribution >= 0.6 is 0 Å². The molecule has 1 atom stereocenters. The summed E-state index contributed by atoms with van der Waals surface area (Å²) in [5.74, 6) is 0.234. The second-order valence-electron chi connectivity index (χ2n) is 6.43. The van der Waals surface area contributed by atoms with Gasteiger partial charge < -0.3 is 10.0 Å². The summed E-state index contributed by atoms with van der Waals surface area (Å²) in [4.78, 5) is 13.2. The third-order valence-electron chi connectivity index (χ3n) is 3.09. The molecule has 3 nitrogen and oxygen atoms in total. The highest BCUT2D eigenvalue weighted by molar-refractivity contribution is 5.67. The number of aliphatic carboxylic acids is 1. The highest BCUT2D eigenvalue weighted by atomic mass is 16.4. The third kappa shape index (κ3) is 4.52. The van der Waals surface area contributed by atoms with Crippen molar-refractivity contribution in [3.05, 3.63) is 0 Å². The van der Waals surface area contributed by atoms with Gasteiger partial charge in [0.25, 0.3) is 0 Å². The largest absolute Gasteiger partial charge is 0.481 e. The maximum absolute atomic E-state index is 10.8. The van der Waals surface area contributed by atoms with Crippen LogP contribution < -0.4 is 0 Å². The highest BCUT2D eigenvalue weighted by Gasteiger charge is 2.35. The lowest BCUT2D eigenvalue weighted by Gasteiger charge is -2.47. The number of rotatable bonds is 6. The molecule has 0 radical (unpaired) electrons. The van der Waals surface area contributed by atoms with Crippen LogP contribution in [0.3, 0.4) is 0 Å². The van der Waals surface area contributed by atoms with Crippen molar-refractivity contribution in [2.75, 3.05) is 19.6 Å². The van der Waals surface area contributed by atoms with Crippen LogP contribution in [0.15, 0.2) is 0 Å². The van der Waals surface area contributed by atoms with Gasteiger partial charge in [-0.15, -0.1) is 0 Å². The Kier molecular flexibility index (Phi) is 4.36. The summed E-state index contributed by atoms with van der Waals surface area (Å²) in [5, 5.41) is 8.88. The van der Waals surface area contributed by atoms with E-state index >= 15 is 0 Å². The number of carbonyl (C=O) groups is 1. The number of likely N-dealkylation sites (tertiary alicyclic amines) is 1. The smallest absolute Gasteiger partial charge is 0.303 e. The van der Waals surface area contributed by atoms with E-state index in [0.717, 1.165) is 26.1 Å². The summed E-state index contributed by atoms with van der Waals surface area (Å²) in [6, 6.07) is 0. The topological polar surface area (TPSA) is 40.5 Å². The van der Waals surface area contributed by atoms with Crippen molar-refractivity contribution >= 4 is 5.97 Å². The van der Waals surface area contributed by atoms with Gasteiger partial charge >= 0.3 is 5.97 Å². The number of nitrogens with zero attached hydrogens (tertiary/aromatic N) is 1. The second kappa shape index (κ2) is 5.17. The van der Waals surface area contributed by atoms with Crippen molar-refractivity contribution < 1.29 is 9.90 Å². The van der Waals surface area contributed by atoms with E-state index in [1.165, 1.54) is 0 Å². The Morgan fingerprint density at radius 3 is 2.31 bits per heavy atom. The minimum Gasteiger partial charge on any atom is -0.481 e. The Hall–Kier alpha value is -0.570. The molecule has 1 unspecified atom stereocenters. The standard InChI is InChI=1S/C13H25NO2/c1-10(2)5-11(6-12(15)16)7-14-8-13(3,4)9-14/h10-11H,5-9H2,1-4H3,(H,15,16). The van der Waals surface area contributed by atoms with E-state index in [1.807, 2.05) is 0 Å². The number of carboxylic acids is 1. The fourth-order valence-electron chi connectivity index (χ4n) is 2.79. The molecule has 0 aliphatic carbocycles. The first-order chi connectivity index (χ1) is 7.28. The highest BCUT2D eigenvalue weighted by Crippen LogP contribution is 2.30. The number of carboxylic acid groups (broad SMARTS) is 1. The Bertz CT molecular complexity index is 240. The molecule has 0 aromatic rings. The zero-order valence-electron chi connectivity index (χ0n) is 11.0. The summed E-state index contributed by atoms with van der Waals surface area (Å²) in [5.41, 5.74) is 0.436. The van der Waals surface area contributed by atoms with E-state index in [1.54, 1.807) is 0 Å². The van der Waals surface area contributed by atoms with Gasteiger partial charge in [0.2, 0.25) is 0 Å². The third-order valence-corrected chi connectivity index (χ3v) is 3.09. The van der Waals surface area contributed by atoms with Gasteiger partial charge in [-0.1, -0.05) is 27.7 Å².